The van der Waals surface area contributed by atoms with Gasteiger partial charge in [0, 0.05) is 11.0 Å². The maximum Gasteiger partial charge on any atom is 0.129 e. The second-order valence-electron chi connectivity index (χ2n) is 3.35. The quantitative estimate of drug-likeness (QED) is 0.862. The van der Waals surface area contributed by atoms with Crippen molar-refractivity contribution >= 4 is 33.2 Å². The van der Waals surface area contributed by atoms with Crippen molar-refractivity contribution in [3.05, 3.63) is 57.8 Å². The van der Waals surface area contributed by atoms with E-state index in [4.69, 9.17) is 11.6 Å². The van der Waals surface area contributed by atoms with Crippen LogP contribution < -0.4 is 5.32 Å². The van der Waals surface area contributed by atoms with Crippen LogP contribution in [0.4, 0.5) is 5.69 Å². The predicted molar refractivity (Wildman–Crippen MR) is 70.7 cm³/mol. The lowest BCUT2D eigenvalue weighted by Gasteiger charge is -2.06. The lowest BCUT2D eigenvalue weighted by Crippen LogP contribution is -1.99. The van der Waals surface area contributed by atoms with Crippen LogP contribution in [-0.2, 0) is 6.54 Å². The van der Waals surface area contributed by atoms with Gasteiger partial charge in [-0.25, -0.2) is 4.98 Å². The summed E-state index contributed by atoms with van der Waals surface area (Å²) < 4.78 is 1.09. The molecule has 0 aliphatic rings. The molecule has 0 amide bonds. The molecule has 0 radical (unpaired) electrons. The van der Waals surface area contributed by atoms with E-state index >= 15 is 0 Å². The predicted octanol–water partition coefficient (Wildman–Crippen LogP) is 4.11. The van der Waals surface area contributed by atoms with Gasteiger partial charge in [-0.15, -0.1) is 0 Å². The molecule has 4 heteroatoms. The highest BCUT2D eigenvalue weighted by molar-refractivity contribution is 9.10. The van der Waals surface area contributed by atoms with E-state index in [1.54, 1.807) is 12.3 Å². The molecule has 16 heavy (non-hydrogen) atoms. The molecule has 0 bridgehead atoms. The Morgan fingerprint density at radius 1 is 1.12 bits per heavy atom. The number of hydrogen-bond donors (Lipinski definition) is 1. The van der Waals surface area contributed by atoms with Crippen LogP contribution in [0.1, 0.15) is 5.56 Å². The largest absolute Gasteiger partial charge is 0.380 e. The first-order valence-electron chi connectivity index (χ1n) is 4.84. The summed E-state index contributed by atoms with van der Waals surface area (Å²) in [5, 5.41) is 3.78. The van der Waals surface area contributed by atoms with Crippen molar-refractivity contribution in [1.29, 1.82) is 0 Å². The van der Waals surface area contributed by atoms with Crippen LogP contribution in [0, 0.1) is 0 Å². The highest BCUT2D eigenvalue weighted by Crippen LogP contribution is 2.13. The SMILES string of the molecule is Clc1ccc(NCc2ccc(Br)cc2)cn1. The van der Waals surface area contributed by atoms with Crippen molar-refractivity contribution in [2.24, 2.45) is 0 Å². The highest BCUT2D eigenvalue weighted by Gasteiger charge is 1.95. The number of anilines is 1. The van der Waals surface area contributed by atoms with Gasteiger partial charge in [-0.05, 0) is 29.8 Å². The van der Waals surface area contributed by atoms with Gasteiger partial charge in [-0.3, -0.25) is 0 Å². The van der Waals surface area contributed by atoms with Crippen molar-refractivity contribution in [2.45, 2.75) is 6.54 Å². The topological polar surface area (TPSA) is 24.9 Å². The van der Waals surface area contributed by atoms with E-state index in [0.717, 1.165) is 16.7 Å². The summed E-state index contributed by atoms with van der Waals surface area (Å²) in [6, 6.07) is 11.9. The fourth-order valence-corrected chi connectivity index (χ4v) is 1.66. The van der Waals surface area contributed by atoms with E-state index < -0.39 is 0 Å². The number of nitrogens with zero attached hydrogens (tertiary/aromatic N) is 1. The zero-order chi connectivity index (χ0) is 11.4. The molecule has 0 aliphatic heterocycles. The third-order valence-corrected chi connectivity index (χ3v) is 2.89. The standard InChI is InChI=1S/C12H10BrClN2/c13-10-3-1-9(2-4-10)7-15-11-5-6-12(14)16-8-11/h1-6,8,15H,7H2. The molecule has 1 aromatic carbocycles. The molecular formula is C12H10BrClN2. The molecule has 0 fully saturated rings. The second kappa shape index (κ2) is 5.32. The average molecular weight is 298 g/mol. The van der Waals surface area contributed by atoms with Crippen molar-refractivity contribution in [1.82, 2.24) is 4.98 Å². The van der Waals surface area contributed by atoms with Gasteiger partial charge >= 0.3 is 0 Å². The number of aromatic nitrogens is 1. The highest BCUT2D eigenvalue weighted by atomic mass is 79.9. The van der Waals surface area contributed by atoms with E-state index in [1.807, 2.05) is 18.2 Å². The Bertz CT molecular complexity index is 408. The molecule has 82 valence electrons. The molecule has 0 saturated heterocycles. The number of benzene rings is 1. The summed E-state index contributed by atoms with van der Waals surface area (Å²) in [4.78, 5) is 4.00. The summed E-state index contributed by atoms with van der Waals surface area (Å²) in [7, 11) is 0. The zero-order valence-electron chi connectivity index (χ0n) is 8.45. The van der Waals surface area contributed by atoms with Gasteiger partial charge < -0.3 is 5.32 Å². The summed E-state index contributed by atoms with van der Waals surface area (Å²) in [6.07, 6.45) is 1.72. The maximum absolute atomic E-state index is 5.70. The van der Waals surface area contributed by atoms with Gasteiger partial charge in [0.25, 0.3) is 0 Å². The first-order chi connectivity index (χ1) is 7.74. The molecule has 0 atom stereocenters. The smallest absolute Gasteiger partial charge is 0.129 e. The first kappa shape index (κ1) is 11.4. The molecule has 0 spiro atoms. The maximum atomic E-state index is 5.70. The Labute approximate surface area is 108 Å². The van der Waals surface area contributed by atoms with E-state index in [9.17, 15) is 0 Å². The molecular weight excluding hydrogens is 288 g/mol. The normalized spacial score (nSPS) is 10.1. The number of rotatable bonds is 3. The van der Waals surface area contributed by atoms with Crippen molar-refractivity contribution in [2.75, 3.05) is 5.32 Å². The Hall–Kier alpha value is -1.06. The van der Waals surface area contributed by atoms with Crippen LogP contribution in [0.15, 0.2) is 47.1 Å². The number of pyridine rings is 1. The van der Waals surface area contributed by atoms with Gasteiger partial charge in [0.2, 0.25) is 0 Å². The van der Waals surface area contributed by atoms with Crippen LogP contribution in [0.2, 0.25) is 5.15 Å². The minimum atomic E-state index is 0.509. The Morgan fingerprint density at radius 2 is 1.88 bits per heavy atom. The van der Waals surface area contributed by atoms with Crippen molar-refractivity contribution < 1.29 is 0 Å². The minimum Gasteiger partial charge on any atom is -0.380 e. The summed E-state index contributed by atoms with van der Waals surface area (Å²) in [6.45, 7) is 0.774. The number of nitrogens with one attached hydrogen (secondary N) is 1. The first-order valence-corrected chi connectivity index (χ1v) is 6.01. The third kappa shape index (κ3) is 3.22. The fraction of sp³-hybridized carbons (Fsp3) is 0.0833. The van der Waals surface area contributed by atoms with Gasteiger partial charge in [0.15, 0.2) is 0 Å². The molecule has 1 N–H and O–H groups in total. The van der Waals surface area contributed by atoms with Crippen LogP contribution in [0.25, 0.3) is 0 Å². The summed E-state index contributed by atoms with van der Waals surface area (Å²) in [5.74, 6) is 0. The van der Waals surface area contributed by atoms with Gasteiger partial charge in [-0.1, -0.05) is 39.7 Å². The van der Waals surface area contributed by atoms with Crippen molar-refractivity contribution in [3.63, 3.8) is 0 Å². The molecule has 1 aromatic heterocycles. The summed E-state index contributed by atoms with van der Waals surface area (Å²) in [5.41, 5.74) is 2.19. The van der Waals surface area contributed by atoms with Gasteiger partial charge in [0.05, 0.1) is 11.9 Å². The minimum absolute atomic E-state index is 0.509. The molecule has 0 saturated carbocycles. The van der Waals surface area contributed by atoms with Crippen LogP contribution in [0.3, 0.4) is 0 Å². The average Bonchev–Trinajstić information content (AvgIpc) is 2.30. The van der Waals surface area contributed by atoms with Crippen LogP contribution in [-0.4, -0.2) is 4.98 Å². The van der Waals surface area contributed by atoms with Crippen LogP contribution >= 0.6 is 27.5 Å². The third-order valence-electron chi connectivity index (χ3n) is 2.14. The van der Waals surface area contributed by atoms with Gasteiger partial charge in [0.1, 0.15) is 5.15 Å². The molecule has 0 unspecified atom stereocenters. The van der Waals surface area contributed by atoms with E-state index in [1.165, 1.54) is 5.56 Å². The monoisotopic (exact) mass is 296 g/mol. The second-order valence-corrected chi connectivity index (χ2v) is 4.65. The lowest BCUT2D eigenvalue weighted by molar-refractivity contribution is 1.14. The molecule has 2 nitrogen and oxygen atoms in total. The fourth-order valence-electron chi connectivity index (χ4n) is 1.29. The summed E-state index contributed by atoms with van der Waals surface area (Å²) >= 11 is 9.11. The Morgan fingerprint density at radius 3 is 2.50 bits per heavy atom. The molecule has 1 heterocycles. The Balaban J connectivity index is 1.97. The molecule has 2 aromatic rings. The lowest BCUT2D eigenvalue weighted by atomic mass is 10.2. The number of hydrogen-bond acceptors (Lipinski definition) is 2. The van der Waals surface area contributed by atoms with E-state index in [0.29, 0.717) is 5.15 Å². The molecule has 0 aliphatic carbocycles. The van der Waals surface area contributed by atoms with E-state index in [-0.39, 0.29) is 0 Å². The zero-order valence-corrected chi connectivity index (χ0v) is 10.8. The van der Waals surface area contributed by atoms with Gasteiger partial charge in [-0.2, -0.15) is 0 Å². The van der Waals surface area contributed by atoms with Crippen LogP contribution in [0.5, 0.6) is 0 Å². The number of halogens is 2. The van der Waals surface area contributed by atoms with E-state index in [2.05, 4.69) is 38.4 Å². The van der Waals surface area contributed by atoms with Crippen molar-refractivity contribution in [3.8, 4) is 0 Å². The molecule has 2 rings (SSSR count). The Kier molecular flexibility index (Phi) is 3.80.